The van der Waals surface area contributed by atoms with Gasteiger partial charge in [0.25, 0.3) is 0 Å². The number of nitrogens with one attached hydrogen (secondary N) is 1. The van der Waals surface area contributed by atoms with Crippen molar-refractivity contribution in [2.75, 3.05) is 0 Å². The molecule has 2 aromatic rings. The molecule has 0 radical (unpaired) electrons. The van der Waals surface area contributed by atoms with Gasteiger partial charge in [0.15, 0.2) is 0 Å². The van der Waals surface area contributed by atoms with Crippen LogP contribution in [-0.4, -0.2) is 9.78 Å². The average Bonchev–Trinajstić information content (AvgIpc) is 3.04. The Balaban J connectivity index is 2.11. The summed E-state index contributed by atoms with van der Waals surface area (Å²) in [5.41, 5.74) is 4.95. The molecule has 0 saturated carbocycles. The predicted octanol–water partition coefficient (Wildman–Crippen LogP) is 2.50. The summed E-state index contributed by atoms with van der Waals surface area (Å²) in [6, 6.07) is 4.45. The fourth-order valence-electron chi connectivity index (χ4n) is 2.14. The molecular weight excluding hydrogens is 240 g/mol. The fraction of sp³-hybridized carbons (Fsp3) is 0.500. The minimum absolute atomic E-state index is 0.0269. The quantitative estimate of drug-likeness (QED) is 0.620. The van der Waals surface area contributed by atoms with E-state index in [1.54, 1.807) is 6.26 Å². The van der Waals surface area contributed by atoms with Crippen LogP contribution >= 0.6 is 0 Å². The number of nitrogens with two attached hydrogens (primary N) is 1. The molecule has 0 aliphatic carbocycles. The van der Waals surface area contributed by atoms with Gasteiger partial charge in [-0.05, 0) is 32.4 Å². The van der Waals surface area contributed by atoms with E-state index in [0.29, 0.717) is 6.04 Å². The van der Waals surface area contributed by atoms with Gasteiger partial charge >= 0.3 is 0 Å². The van der Waals surface area contributed by atoms with Gasteiger partial charge < -0.3 is 4.42 Å². The summed E-state index contributed by atoms with van der Waals surface area (Å²) in [6.07, 6.45) is 5.53. The lowest BCUT2D eigenvalue weighted by Crippen LogP contribution is -2.29. The van der Waals surface area contributed by atoms with Crippen molar-refractivity contribution in [1.29, 1.82) is 0 Å². The van der Waals surface area contributed by atoms with E-state index in [1.807, 2.05) is 29.9 Å². The van der Waals surface area contributed by atoms with Gasteiger partial charge in [0, 0.05) is 24.2 Å². The summed E-state index contributed by atoms with van der Waals surface area (Å²) >= 11 is 0. The Morgan fingerprint density at radius 2 is 2.26 bits per heavy atom. The van der Waals surface area contributed by atoms with E-state index in [-0.39, 0.29) is 6.04 Å². The van der Waals surface area contributed by atoms with Crippen molar-refractivity contribution in [2.24, 2.45) is 5.84 Å². The largest absolute Gasteiger partial charge is 0.469 e. The van der Waals surface area contributed by atoms with Crippen molar-refractivity contribution in [3.05, 3.63) is 41.6 Å². The maximum Gasteiger partial charge on any atom is 0.105 e. The van der Waals surface area contributed by atoms with Crippen LogP contribution < -0.4 is 11.3 Å². The van der Waals surface area contributed by atoms with Crippen LogP contribution in [0, 0.1) is 6.92 Å². The summed E-state index contributed by atoms with van der Waals surface area (Å²) in [6.45, 7) is 6.26. The van der Waals surface area contributed by atoms with Gasteiger partial charge in [-0.1, -0.05) is 6.92 Å². The Morgan fingerprint density at radius 3 is 2.84 bits per heavy atom. The van der Waals surface area contributed by atoms with E-state index < -0.39 is 0 Å². The molecule has 2 rings (SSSR count). The lowest BCUT2D eigenvalue weighted by atomic mass is 10.0. The van der Waals surface area contributed by atoms with E-state index in [9.17, 15) is 0 Å². The molecule has 0 fully saturated rings. The van der Waals surface area contributed by atoms with Crippen LogP contribution in [0.15, 0.2) is 29.0 Å². The highest BCUT2D eigenvalue weighted by atomic mass is 16.3. The van der Waals surface area contributed by atoms with Crippen molar-refractivity contribution in [3.8, 4) is 0 Å². The summed E-state index contributed by atoms with van der Waals surface area (Å²) < 4.78 is 7.33. The minimum atomic E-state index is 0.0269. The number of rotatable bonds is 6. The van der Waals surface area contributed by atoms with Gasteiger partial charge in [-0.25, -0.2) is 0 Å². The first-order valence-corrected chi connectivity index (χ1v) is 6.69. The molecule has 104 valence electrons. The average molecular weight is 262 g/mol. The van der Waals surface area contributed by atoms with Crippen molar-refractivity contribution >= 4 is 0 Å². The number of aromatic nitrogens is 2. The molecule has 19 heavy (non-hydrogen) atoms. The zero-order chi connectivity index (χ0) is 13.8. The number of nitrogens with zero attached hydrogens (tertiary/aromatic N) is 2. The predicted molar refractivity (Wildman–Crippen MR) is 74.4 cm³/mol. The second-order valence-corrected chi connectivity index (χ2v) is 4.90. The van der Waals surface area contributed by atoms with Crippen LogP contribution in [0.5, 0.6) is 0 Å². The Morgan fingerprint density at radius 1 is 1.47 bits per heavy atom. The van der Waals surface area contributed by atoms with Crippen LogP contribution in [0.1, 0.15) is 49.4 Å². The molecule has 0 amide bonds. The zero-order valence-electron chi connectivity index (χ0n) is 11.8. The lowest BCUT2D eigenvalue weighted by molar-refractivity contribution is 0.464. The molecule has 2 atom stereocenters. The molecule has 2 heterocycles. The van der Waals surface area contributed by atoms with Crippen LogP contribution in [-0.2, 0) is 6.42 Å². The molecule has 0 aromatic carbocycles. The first-order chi connectivity index (χ1) is 9.15. The standard InChI is InChI=1S/C14H22N4O/c1-4-10(2)18-7-5-12(17-18)9-14(16-15)13-6-8-19-11(13)3/h5-8,10,14,16H,4,9,15H2,1-3H3. The van der Waals surface area contributed by atoms with E-state index >= 15 is 0 Å². The molecule has 0 spiro atoms. The third-order valence-electron chi connectivity index (χ3n) is 3.59. The number of aryl methyl sites for hydroxylation is 1. The van der Waals surface area contributed by atoms with Crippen LogP contribution in [0.25, 0.3) is 0 Å². The van der Waals surface area contributed by atoms with E-state index in [1.165, 1.54) is 0 Å². The smallest absolute Gasteiger partial charge is 0.105 e. The second-order valence-electron chi connectivity index (χ2n) is 4.90. The van der Waals surface area contributed by atoms with Crippen LogP contribution in [0.3, 0.4) is 0 Å². The molecule has 5 heteroatoms. The van der Waals surface area contributed by atoms with Gasteiger partial charge in [-0.2, -0.15) is 5.10 Å². The van der Waals surface area contributed by atoms with Crippen molar-refractivity contribution in [3.63, 3.8) is 0 Å². The van der Waals surface area contributed by atoms with Gasteiger partial charge in [0.2, 0.25) is 0 Å². The van der Waals surface area contributed by atoms with Gasteiger partial charge in [0.05, 0.1) is 18.0 Å². The highest BCUT2D eigenvalue weighted by Crippen LogP contribution is 2.21. The Labute approximate surface area is 113 Å². The highest BCUT2D eigenvalue weighted by molar-refractivity contribution is 5.22. The molecule has 0 saturated heterocycles. The zero-order valence-corrected chi connectivity index (χ0v) is 11.8. The molecule has 0 aliphatic rings. The van der Waals surface area contributed by atoms with Gasteiger partial charge in [-0.15, -0.1) is 0 Å². The van der Waals surface area contributed by atoms with Crippen molar-refractivity contribution < 1.29 is 4.42 Å². The minimum Gasteiger partial charge on any atom is -0.469 e. The van der Waals surface area contributed by atoms with Crippen molar-refractivity contribution in [2.45, 2.75) is 45.7 Å². The van der Waals surface area contributed by atoms with Crippen LogP contribution in [0.4, 0.5) is 0 Å². The number of furan rings is 1. The van der Waals surface area contributed by atoms with E-state index in [4.69, 9.17) is 10.3 Å². The summed E-state index contributed by atoms with van der Waals surface area (Å²) in [7, 11) is 0. The molecule has 0 aliphatic heterocycles. The number of hydrazine groups is 1. The molecular formula is C14H22N4O. The topological polar surface area (TPSA) is 69.0 Å². The van der Waals surface area contributed by atoms with Crippen LogP contribution in [0.2, 0.25) is 0 Å². The van der Waals surface area contributed by atoms with Crippen molar-refractivity contribution in [1.82, 2.24) is 15.2 Å². The third-order valence-corrected chi connectivity index (χ3v) is 3.59. The molecule has 0 bridgehead atoms. The number of hydrogen-bond acceptors (Lipinski definition) is 4. The highest BCUT2D eigenvalue weighted by Gasteiger charge is 2.16. The SMILES string of the molecule is CCC(C)n1ccc(CC(NN)c2ccoc2C)n1. The maximum atomic E-state index is 5.65. The third kappa shape index (κ3) is 3.05. The summed E-state index contributed by atoms with van der Waals surface area (Å²) in [5, 5.41) is 4.60. The second kappa shape index (κ2) is 6.04. The van der Waals surface area contributed by atoms with Gasteiger partial charge in [0.1, 0.15) is 5.76 Å². The molecule has 3 N–H and O–H groups in total. The normalized spacial score (nSPS) is 14.5. The first-order valence-electron chi connectivity index (χ1n) is 6.69. The Bertz CT molecular complexity index is 517. The van der Waals surface area contributed by atoms with E-state index in [2.05, 4.69) is 24.4 Å². The van der Waals surface area contributed by atoms with Gasteiger partial charge in [-0.3, -0.25) is 16.0 Å². The Hall–Kier alpha value is -1.59. The summed E-state index contributed by atoms with van der Waals surface area (Å²) in [5.74, 6) is 6.54. The summed E-state index contributed by atoms with van der Waals surface area (Å²) in [4.78, 5) is 0. The monoisotopic (exact) mass is 262 g/mol. The molecule has 2 unspecified atom stereocenters. The molecule has 2 aromatic heterocycles. The Kier molecular flexibility index (Phi) is 4.39. The fourth-order valence-corrected chi connectivity index (χ4v) is 2.14. The maximum absolute atomic E-state index is 5.65. The number of hydrogen-bond donors (Lipinski definition) is 2. The molecule has 5 nitrogen and oxygen atoms in total. The first kappa shape index (κ1) is 13.8. The lowest BCUT2D eigenvalue weighted by Gasteiger charge is -2.14. The van der Waals surface area contributed by atoms with E-state index in [0.717, 1.165) is 29.9 Å².